The van der Waals surface area contributed by atoms with Gasteiger partial charge in [-0.3, -0.25) is 4.79 Å². The van der Waals surface area contributed by atoms with E-state index in [9.17, 15) is 13.2 Å². The van der Waals surface area contributed by atoms with E-state index < -0.39 is 15.3 Å². The van der Waals surface area contributed by atoms with Gasteiger partial charge in [0.1, 0.15) is 0 Å². The highest BCUT2D eigenvalue weighted by Gasteiger charge is 2.36. The SMILES string of the molecule is C[C@H](C(=O)N(C)C)S(=O)(=O)N1CCC(n2ccnc2)CC1. The number of carbonyl (C=O) groups excluding carboxylic acids is 1. The van der Waals surface area contributed by atoms with Crippen molar-refractivity contribution in [3.8, 4) is 0 Å². The number of nitrogens with zero attached hydrogens (tertiary/aromatic N) is 4. The number of piperidine rings is 1. The number of aromatic nitrogens is 2. The summed E-state index contributed by atoms with van der Waals surface area (Å²) in [6, 6.07) is 0.277. The van der Waals surface area contributed by atoms with Crippen molar-refractivity contribution < 1.29 is 13.2 Å². The van der Waals surface area contributed by atoms with Crippen LogP contribution in [0.15, 0.2) is 18.7 Å². The molecule has 7 nitrogen and oxygen atoms in total. The first-order valence-electron chi connectivity index (χ1n) is 7.01. The Bertz CT molecular complexity index is 575. The zero-order valence-electron chi connectivity index (χ0n) is 12.6. The third-order valence-corrected chi connectivity index (χ3v) is 6.15. The smallest absolute Gasteiger partial charge is 0.241 e. The van der Waals surface area contributed by atoms with Crippen molar-refractivity contribution in [2.45, 2.75) is 31.1 Å². The van der Waals surface area contributed by atoms with Gasteiger partial charge >= 0.3 is 0 Å². The molecule has 0 saturated carbocycles. The molecule has 0 spiro atoms. The molecule has 0 unspecified atom stereocenters. The zero-order chi connectivity index (χ0) is 15.6. The zero-order valence-corrected chi connectivity index (χ0v) is 13.5. The summed E-state index contributed by atoms with van der Waals surface area (Å²) < 4.78 is 28.4. The molecule has 1 aliphatic rings. The number of rotatable bonds is 4. The van der Waals surface area contributed by atoms with Crippen LogP contribution < -0.4 is 0 Å². The van der Waals surface area contributed by atoms with Crippen molar-refractivity contribution >= 4 is 15.9 Å². The van der Waals surface area contributed by atoms with E-state index >= 15 is 0 Å². The molecule has 1 fully saturated rings. The molecule has 1 aromatic rings. The summed E-state index contributed by atoms with van der Waals surface area (Å²) in [6.45, 7) is 2.34. The van der Waals surface area contributed by atoms with Crippen LogP contribution in [0.1, 0.15) is 25.8 Å². The lowest BCUT2D eigenvalue weighted by Gasteiger charge is -2.33. The van der Waals surface area contributed by atoms with Gasteiger partial charge in [-0.25, -0.2) is 17.7 Å². The fraction of sp³-hybridized carbons (Fsp3) is 0.692. The first-order chi connectivity index (χ1) is 9.84. The molecule has 21 heavy (non-hydrogen) atoms. The van der Waals surface area contributed by atoms with Crippen molar-refractivity contribution in [3.05, 3.63) is 18.7 Å². The topological polar surface area (TPSA) is 75.5 Å². The minimum atomic E-state index is -3.58. The molecule has 1 saturated heterocycles. The largest absolute Gasteiger partial charge is 0.348 e. The number of carbonyl (C=O) groups is 1. The Labute approximate surface area is 125 Å². The summed E-state index contributed by atoms with van der Waals surface area (Å²) in [7, 11) is -0.443. The fourth-order valence-electron chi connectivity index (χ4n) is 2.59. The molecule has 0 N–H and O–H groups in total. The standard InChI is InChI=1S/C13H22N4O3S/c1-11(13(18)15(2)3)21(19,20)17-7-4-12(5-8-17)16-9-6-14-10-16/h6,9-12H,4-5,7-8H2,1-3H3/t11-/m1/s1. The van der Waals surface area contributed by atoms with Gasteiger partial charge in [-0.1, -0.05) is 0 Å². The van der Waals surface area contributed by atoms with E-state index in [0.29, 0.717) is 13.1 Å². The number of amides is 1. The number of hydrogen-bond donors (Lipinski definition) is 0. The van der Waals surface area contributed by atoms with Crippen LogP contribution in [0.5, 0.6) is 0 Å². The van der Waals surface area contributed by atoms with Gasteiger partial charge in [0, 0.05) is 45.6 Å². The summed E-state index contributed by atoms with van der Waals surface area (Å²) in [5.41, 5.74) is 0. The van der Waals surface area contributed by atoms with Crippen LogP contribution in [-0.2, 0) is 14.8 Å². The molecular formula is C13H22N4O3S. The summed E-state index contributed by atoms with van der Waals surface area (Å²) in [5, 5.41) is -1.03. The van der Waals surface area contributed by atoms with E-state index in [1.165, 1.54) is 16.1 Å². The van der Waals surface area contributed by atoms with Crippen LogP contribution in [0.2, 0.25) is 0 Å². The van der Waals surface area contributed by atoms with E-state index in [-0.39, 0.29) is 11.9 Å². The molecular weight excluding hydrogens is 292 g/mol. The molecule has 8 heteroatoms. The molecule has 0 bridgehead atoms. The number of imidazole rings is 1. The summed E-state index contributed by atoms with van der Waals surface area (Å²) >= 11 is 0. The summed E-state index contributed by atoms with van der Waals surface area (Å²) in [6.07, 6.45) is 6.85. The Balaban J connectivity index is 2.02. The molecule has 2 rings (SSSR count). The van der Waals surface area contributed by atoms with Crippen LogP contribution >= 0.6 is 0 Å². The molecule has 1 aliphatic heterocycles. The van der Waals surface area contributed by atoms with E-state index in [1.54, 1.807) is 26.6 Å². The van der Waals surface area contributed by atoms with Gasteiger partial charge in [0.2, 0.25) is 15.9 Å². The van der Waals surface area contributed by atoms with Gasteiger partial charge in [-0.05, 0) is 19.8 Å². The maximum absolute atomic E-state index is 12.5. The summed E-state index contributed by atoms with van der Waals surface area (Å²) in [5.74, 6) is -0.383. The predicted molar refractivity (Wildman–Crippen MR) is 79.1 cm³/mol. The van der Waals surface area contributed by atoms with Gasteiger partial charge in [0.15, 0.2) is 5.25 Å². The first kappa shape index (κ1) is 16.0. The Morgan fingerprint density at radius 2 is 1.95 bits per heavy atom. The van der Waals surface area contributed by atoms with Gasteiger partial charge < -0.3 is 9.47 Å². The second-order valence-electron chi connectivity index (χ2n) is 5.56. The Hall–Kier alpha value is -1.41. The Kier molecular flexibility index (Phi) is 4.67. The molecule has 0 aliphatic carbocycles. The highest BCUT2D eigenvalue weighted by Crippen LogP contribution is 2.25. The second kappa shape index (κ2) is 6.15. The molecule has 2 heterocycles. The van der Waals surface area contributed by atoms with Crippen LogP contribution in [0, 0.1) is 0 Å². The minimum absolute atomic E-state index is 0.277. The lowest BCUT2D eigenvalue weighted by Crippen LogP contribution is -2.47. The van der Waals surface area contributed by atoms with Crippen molar-refractivity contribution in [1.82, 2.24) is 18.8 Å². The van der Waals surface area contributed by atoms with Crippen LogP contribution in [0.25, 0.3) is 0 Å². The Morgan fingerprint density at radius 3 is 2.43 bits per heavy atom. The monoisotopic (exact) mass is 314 g/mol. The van der Waals surface area contributed by atoms with E-state index in [2.05, 4.69) is 4.98 Å². The second-order valence-corrected chi connectivity index (χ2v) is 7.81. The average Bonchev–Trinajstić information content (AvgIpc) is 2.99. The van der Waals surface area contributed by atoms with Gasteiger partial charge in [0.25, 0.3) is 0 Å². The third-order valence-electron chi connectivity index (χ3n) is 3.97. The van der Waals surface area contributed by atoms with Crippen molar-refractivity contribution in [2.24, 2.45) is 0 Å². The maximum atomic E-state index is 12.5. The van der Waals surface area contributed by atoms with Crippen molar-refractivity contribution in [1.29, 1.82) is 0 Å². The predicted octanol–water partition coefficient (Wildman–Crippen LogP) is 0.327. The number of hydrogen-bond acceptors (Lipinski definition) is 4. The quantitative estimate of drug-likeness (QED) is 0.802. The number of sulfonamides is 1. The van der Waals surface area contributed by atoms with Crippen LogP contribution in [0.3, 0.4) is 0 Å². The maximum Gasteiger partial charge on any atom is 0.241 e. The van der Waals surface area contributed by atoms with E-state index in [0.717, 1.165) is 12.8 Å². The fourth-order valence-corrected chi connectivity index (χ4v) is 4.23. The van der Waals surface area contributed by atoms with Gasteiger partial charge in [-0.2, -0.15) is 0 Å². The highest BCUT2D eigenvalue weighted by molar-refractivity contribution is 7.90. The van der Waals surface area contributed by atoms with Gasteiger partial charge in [-0.15, -0.1) is 0 Å². The molecule has 1 aromatic heterocycles. The molecule has 118 valence electrons. The van der Waals surface area contributed by atoms with Crippen LogP contribution in [-0.4, -0.2) is 65.5 Å². The minimum Gasteiger partial charge on any atom is -0.348 e. The molecule has 0 radical (unpaired) electrons. The van der Waals surface area contributed by atoms with Gasteiger partial charge in [0.05, 0.1) is 6.33 Å². The lowest BCUT2D eigenvalue weighted by molar-refractivity contribution is -0.128. The van der Waals surface area contributed by atoms with Crippen LogP contribution in [0.4, 0.5) is 0 Å². The lowest BCUT2D eigenvalue weighted by atomic mass is 10.1. The molecule has 1 atom stereocenters. The highest BCUT2D eigenvalue weighted by atomic mass is 32.2. The Morgan fingerprint density at radius 1 is 1.33 bits per heavy atom. The van der Waals surface area contributed by atoms with E-state index in [4.69, 9.17) is 0 Å². The first-order valence-corrected chi connectivity index (χ1v) is 8.52. The third kappa shape index (κ3) is 3.26. The average molecular weight is 314 g/mol. The molecule has 1 amide bonds. The summed E-state index contributed by atoms with van der Waals surface area (Å²) in [4.78, 5) is 17.2. The van der Waals surface area contributed by atoms with Crippen molar-refractivity contribution in [2.75, 3.05) is 27.2 Å². The van der Waals surface area contributed by atoms with E-state index in [1.807, 2.05) is 10.8 Å². The molecule has 0 aromatic carbocycles. The normalized spacial score (nSPS) is 19.4. The van der Waals surface area contributed by atoms with Crippen molar-refractivity contribution in [3.63, 3.8) is 0 Å².